The zero-order valence-corrected chi connectivity index (χ0v) is 17.1. The lowest BCUT2D eigenvalue weighted by Crippen LogP contribution is -3.13. The Morgan fingerprint density at radius 1 is 1.04 bits per heavy atom. The molecule has 4 rings (SSSR count). The van der Waals surface area contributed by atoms with Gasteiger partial charge in [-0.05, 0) is 31.2 Å². The Bertz CT molecular complexity index is 933. The summed E-state index contributed by atoms with van der Waals surface area (Å²) >= 11 is 6.71. The SMILES string of the molecule is COc1ccccc1N1CC[NH+](Cc2c(C)nn(-c3ccccc3)c2Cl)CC1. The Morgan fingerprint density at radius 3 is 2.43 bits per heavy atom. The number of quaternary nitrogens is 1. The number of hydrogen-bond donors (Lipinski definition) is 1. The van der Waals surface area contributed by atoms with E-state index in [0.717, 1.165) is 60.6 Å². The fourth-order valence-electron chi connectivity index (χ4n) is 3.85. The highest BCUT2D eigenvalue weighted by molar-refractivity contribution is 6.30. The average molecular weight is 398 g/mol. The van der Waals surface area contributed by atoms with Crippen LogP contribution in [0.1, 0.15) is 11.3 Å². The van der Waals surface area contributed by atoms with Crippen molar-refractivity contribution in [1.82, 2.24) is 9.78 Å². The van der Waals surface area contributed by atoms with Crippen LogP contribution in [0, 0.1) is 6.92 Å². The number of para-hydroxylation sites is 3. The van der Waals surface area contributed by atoms with Crippen molar-refractivity contribution in [3.8, 4) is 11.4 Å². The van der Waals surface area contributed by atoms with Gasteiger partial charge in [-0.2, -0.15) is 5.10 Å². The molecule has 2 heterocycles. The molecule has 1 aliphatic heterocycles. The second-order valence-electron chi connectivity index (χ2n) is 7.19. The number of hydrogen-bond acceptors (Lipinski definition) is 3. The van der Waals surface area contributed by atoms with Crippen molar-refractivity contribution in [2.24, 2.45) is 0 Å². The molecule has 1 N–H and O–H groups in total. The van der Waals surface area contributed by atoms with Crippen molar-refractivity contribution < 1.29 is 9.64 Å². The van der Waals surface area contributed by atoms with Crippen LogP contribution in [0.5, 0.6) is 5.75 Å². The summed E-state index contributed by atoms with van der Waals surface area (Å²) in [6, 6.07) is 18.3. The molecule has 146 valence electrons. The largest absolute Gasteiger partial charge is 0.495 e. The van der Waals surface area contributed by atoms with Gasteiger partial charge in [0.25, 0.3) is 0 Å². The van der Waals surface area contributed by atoms with Crippen LogP contribution in [0.3, 0.4) is 0 Å². The Hall–Kier alpha value is -2.50. The summed E-state index contributed by atoms with van der Waals surface area (Å²) in [5.41, 5.74) is 4.33. The van der Waals surface area contributed by atoms with Crippen molar-refractivity contribution in [3.05, 3.63) is 71.0 Å². The number of benzene rings is 2. The molecule has 0 spiro atoms. The summed E-state index contributed by atoms with van der Waals surface area (Å²) in [5.74, 6) is 0.939. The van der Waals surface area contributed by atoms with Gasteiger partial charge in [0, 0.05) is 0 Å². The van der Waals surface area contributed by atoms with Crippen LogP contribution in [0.15, 0.2) is 54.6 Å². The fraction of sp³-hybridized carbons (Fsp3) is 0.318. The highest BCUT2D eigenvalue weighted by Crippen LogP contribution is 2.27. The molecular formula is C22H26ClN4O+. The van der Waals surface area contributed by atoms with Gasteiger partial charge in [-0.25, -0.2) is 4.68 Å². The predicted molar refractivity (Wildman–Crippen MR) is 113 cm³/mol. The molecule has 1 aromatic heterocycles. The van der Waals surface area contributed by atoms with Gasteiger partial charge in [0.1, 0.15) is 17.4 Å². The topological polar surface area (TPSA) is 34.7 Å². The van der Waals surface area contributed by atoms with E-state index >= 15 is 0 Å². The summed E-state index contributed by atoms with van der Waals surface area (Å²) in [6.45, 7) is 7.06. The molecule has 5 nitrogen and oxygen atoms in total. The van der Waals surface area contributed by atoms with Gasteiger partial charge >= 0.3 is 0 Å². The van der Waals surface area contributed by atoms with Crippen molar-refractivity contribution in [2.45, 2.75) is 13.5 Å². The number of halogens is 1. The second kappa shape index (κ2) is 8.25. The lowest BCUT2D eigenvalue weighted by atomic mass is 10.2. The number of piperazine rings is 1. The molecular weight excluding hydrogens is 372 g/mol. The van der Waals surface area contributed by atoms with Crippen LogP contribution in [-0.2, 0) is 6.54 Å². The van der Waals surface area contributed by atoms with Crippen LogP contribution in [0.2, 0.25) is 5.15 Å². The van der Waals surface area contributed by atoms with E-state index in [1.54, 1.807) is 7.11 Å². The first-order valence-electron chi connectivity index (χ1n) is 9.68. The molecule has 1 saturated heterocycles. The van der Waals surface area contributed by atoms with Crippen molar-refractivity contribution >= 4 is 17.3 Å². The zero-order valence-electron chi connectivity index (χ0n) is 16.4. The van der Waals surface area contributed by atoms with Gasteiger partial charge in [-0.1, -0.05) is 41.9 Å². The standard InChI is InChI=1S/C22H25ClN4O/c1-17-19(22(23)27(24-17)18-8-4-3-5-9-18)16-25-12-14-26(15-13-25)20-10-6-7-11-21(20)28-2/h3-11H,12-16H2,1-2H3/p+1. The Labute approximate surface area is 171 Å². The summed E-state index contributed by atoms with van der Waals surface area (Å²) < 4.78 is 7.36. The number of ether oxygens (including phenoxy) is 1. The summed E-state index contributed by atoms with van der Waals surface area (Å²) in [7, 11) is 1.73. The Balaban J connectivity index is 1.45. The number of aromatic nitrogens is 2. The van der Waals surface area contributed by atoms with Crippen molar-refractivity contribution in [2.75, 3.05) is 38.2 Å². The molecule has 3 aromatic rings. The first-order chi connectivity index (χ1) is 13.7. The molecule has 28 heavy (non-hydrogen) atoms. The number of rotatable bonds is 5. The molecule has 0 bridgehead atoms. The molecule has 1 aliphatic rings. The van der Waals surface area contributed by atoms with Gasteiger partial charge in [0.05, 0.1) is 55.9 Å². The monoisotopic (exact) mass is 397 g/mol. The molecule has 0 aliphatic carbocycles. The first kappa shape index (κ1) is 18.8. The highest BCUT2D eigenvalue weighted by atomic mass is 35.5. The van der Waals surface area contributed by atoms with Crippen molar-refractivity contribution in [1.29, 1.82) is 0 Å². The fourth-order valence-corrected chi connectivity index (χ4v) is 4.19. The van der Waals surface area contributed by atoms with E-state index in [4.69, 9.17) is 16.3 Å². The van der Waals surface area contributed by atoms with E-state index in [9.17, 15) is 0 Å². The average Bonchev–Trinajstić information content (AvgIpc) is 3.03. The van der Waals surface area contributed by atoms with Crippen LogP contribution >= 0.6 is 11.6 Å². The second-order valence-corrected chi connectivity index (χ2v) is 7.55. The minimum atomic E-state index is 0.725. The molecule has 2 aromatic carbocycles. The lowest BCUT2D eigenvalue weighted by molar-refractivity contribution is -0.914. The Kier molecular flexibility index (Phi) is 5.55. The number of anilines is 1. The third-order valence-corrected chi connectivity index (χ3v) is 5.83. The summed E-state index contributed by atoms with van der Waals surface area (Å²) in [4.78, 5) is 3.94. The van der Waals surface area contributed by atoms with Gasteiger partial charge in [-0.3, -0.25) is 0 Å². The molecule has 6 heteroatoms. The van der Waals surface area contributed by atoms with Crippen molar-refractivity contribution in [3.63, 3.8) is 0 Å². The highest BCUT2D eigenvalue weighted by Gasteiger charge is 2.25. The normalized spacial score (nSPS) is 15.0. The van der Waals surface area contributed by atoms with Gasteiger partial charge in [0.15, 0.2) is 0 Å². The van der Waals surface area contributed by atoms with Crippen LogP contribution in [-0.4, -0.2) is 43.1 Å². The van der Waals surface area contributed by atoms with Gasteiger partial charge in [-0.15, -0.1) is 0 Å². The van der Waals surface area contributed by atoms with E-state index in [-0.39, 0.29) is 0 Å². The number of aryl methyl sites for hydroxylation is 1. The zero-order chi connectivity index (χ0) is 19.5. The molecule has 0 atom stereocenters. The quantitative estimate of drug-likeness (QED) is 0.719. The third-order valence-electron chi connectivity index (χ3n) is 5.45. The van der Waals surface area contributed by atoms with E-state index in [1.165, 1.54) is 10.6 Å². The maximum absolute atomic E-state index is 6.71. The van der Waals surface area contributed by atoms with Gasteiger partial charge in [0.2, 0.25) is 0 Å². The summed E-state index contributed by atoms with van der Waals surface area (Å²) in [5, 5.41) is 5.40. The van der Waals surface area contributed by atoms with E-state index in [1.807, 2.05) is 54.1 Å². The van der Waals surface area contributed by atoms with E-state index in [2.05, 4.69) is 22.1 Å². The maximum Gasteiger partial charge on any atom is 0.142 e. The minimum absolute atomic E-state index is 0.725. The maximum atomic E-state index is 6.71. The smallest absolute Gasteiger partial charge is 0.142 e. The first-order valence-corrected chi connectivity index (χ1v) is 10.1. The van der Waals surface area contributed by atoms with E-state index in [0.29, 0.717) is 0 Å². The number of methoxy groups -OCH3 is 1. The Morgan fingerprint density at radius 2 is 1.71 bits per heavy atom. The lowest BCUT2D eigenvalue weighted by Gasteiger charge is -2.34. The number of nitrogens with one attached hydrogen (secondary N) is 1. The molecule has 1 fully saturated rings. The summed E-state index contributed by atoms with van der Waals surface area (Å²) in [6.07, 6.45) is 0. The minimum Gasteiger partial charge on any atom is -0.495 e. The third kappa shape index (κ3) is 3.73. The van der Waals surface area contributed by atoms with E-state index < -0.39 is 0 Å². The van der Waals surface area contributed by atoms with Crippen LogP contribution in [0.4, 0.5) is 5.69 Å². The predicted octanol–water partition coefficient (Wildman–Crippen LogP) is 2.75. The molecule has 0 amide bonds. The van der Waals surface area contributed by atoms with Crippen LogP contribution < -0.4 is 14.5 Å². The molecule has 0 saturated carbocycles. The van der Waals surface area contributed by atoms with Crippen LogP contribution in [0.25, 0.3) is 5.69 Å². The van der Waals surface area contributed by atoms with Gasteiger partial charge < -0.3 is 14.5 Å². The molecule has 0 unspecified atom stereocenters. The number of nitrogens with zero attached hydrogens (tertiary/aromatic N) is 3. The molecule has 0 radical (unpaired) electrons.